The molecule has 1 N–H and O–H groups in total. The van der Waals surface area contributed by atoms with Crippen LogP contribution in [-0.4, -0.2) is 34.3 Å². The Morgan fingerprint density at radius 3 is 2.76 bits per heavy atom. The van der Waals surface area contributed by atoms with Crippen LogP contribution in [0.5, 0.6) is 0 Å². The molecule has 2 atom stereocenters. The van der Waals surface area contributed by atoms with E-state index in [1.807, 2.05) is 11.8 Å². The first-order chi connectivity index (χ1) is 8.33. The van der Waals surface area contributed by atoms with E-state index in [4.69, 9.17) is 0 Å². The van der Waals surface area contributed by atoms with Crippen molar-refractivity contribution in [3.63, 3.8) is 0 Å². The van der Waals surface area contributed by atoms with Crippen molar-refractivity contribution in [1.29, 1.82) is 0 Å². The summed E-state index contributed by atoms with van der Waals surface area (Å²) in [6, 6.07) is 0.653. The van der Waals surface area contributed by atoms with Gasteiger partial charge in [0.05, 0.1) is 0 Å². The van der Waals surface area contributed by atoms with Gasteiger partial charge in [0.15, 0.2) is 8.68 Å². The van der Waals surface area contributed by atoms with Gasteiger partial charge in [-0.15, -0.1) is 10.2 Å². The van der Waals surface area contributed by atoms with E-state index < -0.39 is 0 Å². The zero-order chi connectivity index (χ0) is 12.1. The molecule has 6 heteroatoms. The molecule has 0 amide bonds. The van der Waals surface area contributed by atoms with Crippen molar-refractivity contribution in [2.24, 2.45) is 0 Å². The van der Waals surface area contributed by atoms with Crippen LogP contribution in [0.15, 0.2) is 8.68 Å². The highest BCUT2D eigenvalue weighted by molar-refractivity contribution is 8.03. The van der Waals surface area contributed by atoms with Crippen LogP contribution in [0, 0.1) is 0 Å². The van der Waals surface area contributed by atoms with Crippen molar-refractivity contribution in [1.82, 2.24) is 15.5 Å². The minimum absolute atomic E-state index is 0.653. The molecule has 1 heterocycles. The van der Waals surface area contributed by atoms with Crippen molar-refractivity contribution in [2.45, 2.75) is 52.6 Å². The molecule has 0 radical (unpaired) electrons. The van der Waals surface area contributed by atoms with Crippen LogP contribution in [-0.2, 0) is 0 Å². The molecule has 0 saturated heterocycles. The predicted octanol–water partition coefficient (Wildman–Crippen LogP) is 3.27. The highest BCUT2D eigenvalue weighted by Crippen LogP contribution is 2.36. The van der Waals surface area contributed by atoms with Crippen molar-refractivity contribution in [3.8, 4) is 0 Å². The summed E-state index contributed by atoms with van der Waals surface area (Å²) >= 11 is 5.32. The lowest BCUT2D eigenvalue weighted by molar-refractivity contribution is 0.391. The minimum Gasteiger partial charge on any atom is -0.313 e. The average molecular weight is 289 g/mol. The molecule has 1 fully saturated rings. The number of aromatic nitrogens is 2. The van der Waals surface area contributed by atoms with Gasteiger partial charge in [-0.2, -0.15) is 0 Å². The third-order valence-corrected chi connectivity index (χ3v) is 6.37. The molecule has 2 unspecified atom stereocenters. The van der Waals surface area contributed by atoms with Gasteiger partial charge in [-0.25, -0.2) is 0 Å². The fraction of sp³-hybridized carbons (Fsp3) is 0.818. The summed E-state index contributed by atoms with van der Waals surface area (Å²) in [4.78, 5) is 0. The lowest BCUT2D eigenvalue weighted by Gasteiger charge is -2.30. The topological polar surface area (TPSA) is 37.8 Å². The van der Waals surface area contributed by atoms with Gasteiger partial charge in [-0.3, -0.25) is 0 Å². The van der Waals surface area contributed by atoms with Crippen molar-refractivity contribution >= 4 is 34.9 Å². The van der Waals surface area contributed by atoms with E-state index >= 15 is 0 Å². The third kappa shape index (κ3) is 3.84. The van der Waals surface area contributed by atoms with Crippen LogP contribution < -0.4 is 5.32 Å². The third-order valence-electron chi connectivity index (χ3n) is 2.98. The summed E-state index contributed by atoms with van der Waals surface area (Å²) in [7, 11) is 0. The molecule has 1 aliphatic carbocycles. The van der Waals surface area contributed by atoms with Gasteiger partial charge in [-0.05, 0) is 25.6 Å². The standard InChI is InChI=1S/C11H19N3S3/c1-3-12-8-6-4-5-7-9(8)16-11-14-13-10(15-2)17-11/h8-9,12H,3-7H2,1-2H3. The lowest BCUT2D eigenvalue weighted by Crippen LogP contribution is -2.40. The summed E-state index contributed by atoms with van der Waals surface area (Å²) in [5, 5.41) is 12.7. The molecule has 0 aromatic carbocycles. The Balaban J connectivity index is 1.95. The molecule has 3 nitrogen and oxygen atoms in total. The summed E-state index contributed by atoms with van der Waals surface area (Å²) in [6.45, 7) is 3.25. The number of nitrogens with zero attached hydrogens (tertiary/aromatic N) is 2. The lowest BCUT2D eigenvalue weighted by atomic mass is 9.95. The predicted molar refractivity (Wildman–Crippen MR) is 77.3 cm³/mol. The summed E-state index contributed by atoms with van der Waals surface area (Å²) in [5.74, 6) is 0. The van der Waals surface area contributed by atoms with Crippen molar-refractivity contribution in [2.75, 3.05) is 12.8 Å². The maximum absolute atomic E-state index is 4.26. The molecule has 1 aliphatic rings. The van der Waals surface area contributed by atoms with Gasteiger partial charge in [0, 0.05) is 11.3 Å². The normalized spacial score (nSPS) is 25.1. The Labute approximate surface area is 116 Å². The zero-order valence-electron chi connectivity index (χ0n) is 10.3. The Bertz CT molecular complexity index is 340. The quantitative estimate of drug-likeness (QED) is 0.842. The molecule has 0 aliphatic heterocycles. The summed E-state index contributed by atoms with van der Waals surface area (Å²) < 4.78 is 2.20. The van der Waals surface area contributed by atoms with E-state index in [0.29, 0.717) is 11.3 Å². The Morgan fingerprint density at radius 1 is 1.29 bits per heavy atom. The zero-order valence-corrected chi connectivity index (χ0v) is 12.8. The number of thioether (sulfide) groups is 2. The largest absolute Gasteiger partial charge is 0.313 e. The van der Waals surface area contributed by atoms with E-state index in [0.717, 1.165) is 15.2 Å². The molecule has 1 aromatic rings. The first kappa shape index (κ1) is 13.6. The van der Waals surface area contributed by atoms with Crippen molar-refractivity contribution < 1.29 is 0 Å². The Morgan fingerprint density at radius 2 is 2.06 bits per heavy atom. The van der Waals surface area contributed by atoms with E-state index in [1.165, 1.54) is 25.7 Å². The molecule has 0 bridgehead atoms. The van der Waals surface area contributed by atoms with E-state index in [1.54, 1.807) is 23.1 Å². The first-order valence-electron chi connectivity index (χ1n) is 6.11. The number of nitrogens with one attached hydrogen (secondary N) is 1. The monoisotopic (exact) mass is 289 g/mol. The second kappa shape index (κ2) is 6.97. The van der Waals surface area contributed by atoms with Crippen LogP contribution in [0.3, 0.4) is 0 Å². The van der Waals surface area contributed by atoms with Gasteiger partial charge >= 0.3 is 0 Å². The SMILES string of the molecule is CCNC1CCCCC1Sc1nnc(SC)s1. The van der Waals surface area contributed by atoms with Crippen LogP contribution in [0.25, 0.3) is 0 Å². The second-order valence-corrected chi connectivity index (χ2v) is 7.66. The highest BCUT2D eigenvalue weighted by Gasteiger charge is 2.26. The first-order valence-corrected chi connectivity index (χ1v) is 9.03. The molecular formula is C11H19N3S3. The minimum atomic E-state index is 0.653. The maximum atomic E-state index is 4.26. The van der Waals surface area contributed by atoms with Gasteiger partial charge < -0.3 is 5.32 Å². The molecule has 1 aromatic heterocycles. The van der Waals surface area contributed by atoms with E-state index in [-0.39, 0.29) is 0 Å². The molecule has 0 spiro atoms. The maximum Gasteiger partial charge on any atom is 0.175 e. The van der Waals surface area contributed by atoms with Gasteiger partial charge in [0.2, 0.25) is 0 Å². The van der Waals surface area contributed by atoms with Crippen molar-refractivity contribution in [3.05, 3.63) is 0 Å². The second-order valence-electron chi connectivity index (χ2n) is 4.14. The average Bonchev–Trinajstić information content (AvgIpc) is 2.80. The molecular weight excluding hydrogens is 270 g/mol. The fourth-order valence-electron chi connectivity index (χ4n) is 2.19. The highest BCUT2D eigenvalue weighted by atomic mass is 32.2. The van der Waals surface area contributed by atoms with E-state index in [9.17, 15) is 0 Å². The fourth-order valence-corrected chi connectivity index (χ4v) is 5.18. The van der Waals surface area contributed by atoms with Gasteiger partial charge in [0.1, 0.15) is 0 Å². The van der Waals surface area contributed by atoms with Crippen LogP contribution in [0.4, 0.5) is 0 Å². The van der Waals surface area contributed by atoms with Crippen LogP contribution in [0.1, 0.15) is 32.6 Å². The molecule has 96 valence electrons. The Kier molecular flexibility index (Phi) is 5.59. The number of rotatable bonds is 5. The number of hydrogen-bond donors (Lipinski definition) is 1. The molecule has 1 saturated carbocycles. The van der Waals surface area contributed by atoms with Gasteiger partial charge in [-0.1, -0.05) is 54.6 Å². The van der Waals surface area contributed by atoms with Gasteiger partial charge in [0.25, 0.3) is 0 Å². The van der Waals surface area contributed by atoms with Crippen LogP contribution >= 0.6 is 34.9 Å². The summed E-state index contributed by atoms with van der Waals surface area (Å²) in [6.07, 6.45) is 7.38. The van der Waals surface area contributed by atoms with E-state index in [2.05, 4.69) is 28.7 Å². The molecule has 2 rings (SSSR count). The Hall–Kier alpha value is 0.220. The molecule has 17 heavy (non-hydrogen) atoms. The van der Waals surface area contributed by atoms with Crippen LogP contribution in [0.2, 0.25) is 0 Å². The number of hydrogen-bond acceptors (Lipinski definition) is 6. The smallest absolute Gasteiger partial charge is 0.175 e. The summed E-state index contributed by atoms with van der Waals surface area (Å²) in [5.41, 5.74) is 0.